The summed E-state index contributed by atoms with van der Waals surface area (Å²) < 4.78 is 25.7. The van der Waals surface area contributed by atoms with Gasteiger partial charge in [-0.2, -0.15) is 4.31 Å². The molecule has 2 fully saturated rings. The molecule has 1 saturated heterocycles. The van der Waals surface area contributed by atoms with Gasteiger partial charge in [-0.3, -0.25) is 14.5 Å². The highest BCUT2D eigenvalue weighted by atomic mass is 35.5. The first-order valence-corrected chi connectivity index (χ1v) is 13.1. The number of hydrogen-bond donors (Lipinski definition) is 1. The maximum absolute atomic E-state index is 13.6. The van der Waals surface area contributed by atoms with Crippen molar-refractivity contribution in [2.45, 2.75) is 70.4 Å². The normalized spacial score (nSPS) is 24.5. The summed E-state index contributed by atoms with van der Waals surface area (Å²) in [6.07, 6.45) is 8.46. The zero-order chi connectivity index (χ0) is 22.8. The summed E-state index contributed by atoms with van der Waals surface area (Å²) in [5.74, 6) is -0.781. The van der Waals surface area contributed by atoms with E-state index >= 15 is 0 Å². The largest absolute Gasteiger partial charge is 0.351 e. The predicted octanol–water partition coefficient (Wildman–Crippen LogP) is 3.24. The number of carbonyl (C=O) groups is 2. The number of rotatable bonds is 4. The molecule has 9 heteroatoms. The maximum Gasteiger partial charge on any atom is 0.247 e. The Hall–Kier alpha value is -1.64. The maximum atomic E-state index is 13.6. The number of sulfonamides is 1. The highest BCUT2D eigenvalue weighted by Crippen LogP contribution is 2.35. The van der Waals surface area contributed by atoms with E-state index in [1.165, 1.54) is 11.3 Å². The minimum Gasteiger partial charge on any atom is -0.351 e. The van der Waals surface area contributed by atoms with E-state index in [1.807, 2.05) is 0 Å². The molecule has 1 aliphatic carbocycles. The molecule has 1 saturated carbocycles. The van der Waals surface area contributed by atoms with Gasteiger partial charge in [-0.1, -0.05) is 49.8 Å². The van der Waals surface area contributed by atoms with Gasteiger partial charge in [0.25, 0.3) is 0 Å². The quantitative estimate of drug-likeness (QED) is 0.733. The minimum absolute atomic E-state index is 0.0237. The van der Waals surface area contributed by atoms with Crippen LogP contribution >= 0.6 is 11.6 Å². The Morgan fingerprint density at radius 2 is 1.77 bits per heavy atom. The first-order valence-electron chi connectivity index (χ1n) is 10.9. The second kappa shape index (κ2) is 9.46. The van der Waals surface area contributed by atoms with Crippen molar-refractivity contribution in [3.05, 3.63) is 28.8 Å². The monoisotopic (exact) mass is 469 g/mol. The lowest BCUT2D eigenvalue weighted by Gasteiger charge is -2.47. The zero-order valence-electron chi connectivity index (χ0n) is 18.5. The molecule has 1 atom stereocenters. The van der Waals surface area contributed by atoms with Crippen LogP contribution in [0.5, 0.6) is 0 Å². The first kappa shape index (κ1) is 24.0. The molecule has 7 nitrogen and oxygen atoms in total. The molecule has 1 N–H and O–H groups in total. The number of hydrogen-bond acceptors (Lipinski definition) is 4. The minimum atomic E-state index is -3.65. The molecule has 3 rings (SSSR count). The first-order chi connectivity index (χ1) is 14.5. The van der Waals surface area contributed by atoms with Crippen LogP contribution < -0.4 is 10.2 Å². The summed E-state index contributed by atoms with van der Waals surface area (Å²) in [5, 5.41) is 3.62. The van der Waals surface area contributed by atoms with Crippen molar-refractivity contribution in [2.24, 2.45) is 0 Å². The van der Waals surface area contributed by atoms with Crippen LogP contribution in [0.1, 0.15) is 57.4 Å². The van der Waals surface area contributed by atoms with E-state index in [2.05, 4.69) is 5.32 Å². The van der Waals surface area contributed by atoms with Crippen LogP contribution in [0.4, 0.5) is 5.69 Å². The Balaban J connectivity index is 1.98. The van der Waals surface area contributed by atoms with Crippen LogP contribution in [0.25, 0.3) is 0 Å². The van der Waals surface area contributed by atoms with Crippen molar-refractivity contribution in [3.63, 3.8) is 0 Å². The number of nitrogens with one attached hydrogen (secondary N) is 1. The summed E-state index contributed by atoms with van der Waals surface area (Å²) >= 11 is 6.30. The van der Waals surface area contributed by atoms with Gasteiger partial charge >= 0.3 is 0 Å². The van der Waals surface area contributed by atoms with E-state index in [9.17, 15) is 18.0 Å². The predicted molar refractivity (Wildman–Crippen MR) is 123 cm³/mol. The molecule has 1 heterocycles. The summed E-state index contributed by atoms with van der Waals surface area (Å²) in [6, 6.07) is 5.23. The average molecular weight is 470 g/mol. The fourth-order valence-corrected chi connectivity index (χ4v) is 5.55. The van der Waals surface area contributed by atoms with Crippen LogP contribution in [0.2, 0.25) is 5.02 Å². The highest BCUT2D eigenvalue weighted by molar-refractivity contribution is 7.88. The molecule has 2 amide bonds. The molecule has 1 aliphatic heterocycles. The van der Waals surface area contributed by atoms with Crippen LogP contribution in [-0.2, 0) is 19.6 Å². The van der Waals surface area contributed by atoms with Gasteiger partial charge in [-0.25, -0.2) is 8.42 Å². The lowest BCUT2D eigenvalue weighted by molar-refractivity contribution is -0.133. The number of nitrogens with zero attached hydrogens (tertiary/aromatic N) is 2. The number of amides is 2. The van der Waals surface area contributed by atoms with Gasteiger partial charge < -0.3 is 5.32 Å². The Labute approximate surface area is 190 Å². The Morgan fingerprint density at radius 1 is 1.16 bits per heavy atom. The molecule has 0 spiro atoms. The Bertz CT molecular complexity index is 944. The van der Waals surface area contributed by atoms with Crippen molar-refractivity contribution in [1.29, 1.82) is 0 Å². The third-order valence-electron chi connectivity index (χ3n) is 6.42. The fraction of sp³-hybridized carbons (Fsp3) is 0.636. The van der Waals surface area contributed by atoms with Gasteiger partial charge in [0.15, 0.2) is 0 Å². The van der Waals surface area contributed by atoms with Crippen LogP contribution in [0.15, 0.2) is 18.2 Å². The summed E-state index contributed by atoms with van der Waals surface area (Å²) in [7, 11) is -3.65. The van der Waals surface area contributed by atoms with Gasteiger partial charge in [0.2, 0.25) is 21.8 Å². The second-order valence-corrected chi connectivity index (χ2v) is 11.3. The van der Waals surface area contributed by atoms with Gasteiger partial charge in [-0.15, -0.1) is 0 Å². The van der Waals surface area contributed by atoms with Gasteiger partial charge in [0.1, 0.15) is 5.54 Å². The van der Waals surface area contributed by atoms with Gasteiger partial charge in [-0.05, 0) is 44.4 Å². The van der Waals surface area contributed by atoms with Crippen molar-refractivity contribution in [2.75, 3.05) is 24.2 Å². The Kier molecular flexibility index (Phi) is 7.33. The van der Waals surface area contributed by atoms with Crippen LogP contribution in [0.3, 0.4) is 0 Å². The number of carbonyl (C=O) groups excluding carboxylic acids is 2. The molecule has 2 aliphatic rings. The van der Waals surface area contributed by atoms with Gasteiger partial charge in [0.05, 0.1) is 12.8 Å². The summed E-state index contributed by atoms with van der Waals surface area (Å²) in [5.41, 5.74) is -0.188. The van der Waals surface area contributed by atoms with Crippen LogP contribution in [-0.4, -0.2) is 55.5 Å². The van der Waals surface area contributed by atoms with Gasteiger partial charge in [0, 0.05) is 23.3 Å². The van der Waals surface area contributed by atoms with E-state index in [4.69, 9.17) is 11.6 Å². The fourth-order valence-electron chi connectivity index (χ4n) is 4.55. The number of benzene rings is 1. The standard InChI is InChI=1S/C22H32ClN3O4S/c1-16-18(23)12-9-13-19(16)26-20(27)14-25(31(3,29)30)15-22(26,2)21(28)24-17-10-7-5-4-6-8-11-17/h9,12-13,17H,4-8,10-11,14-15H2,1-3H3,(H,24,28). The van der Waals surface area contributed by atoms with Crippen molar-refractivity contribution >= 4 is 39.1 Å². The third kappa shape index (κ3) is 5.23. The summed E-state index contributed by atoms with van der Waals surface area (Å²) in [6.45, 7) is 3.01. The second-order valence-electron chi connectivity index (χ2n) is 8.93. The molecule has 0 aromatic heterocycles. The lowest BCUT2D eigenvalue weighted by Crippen LogP contribution is -2.70. The van der Waals surface area contributed by atoms with E-state index in [0.717, 1.165) is 49.1 Å². The highest BCUT2D eigenvalue weighted by Gasteiger charge is 2.51. The number of halogens is 1. The van der Waals surface area contributed by atoms with Crippen molar-refractivity contribution in [1.82, 2.24) is 9.62 Å². The number of piperazine rings is 1. The zero-order valence-corrected chi connectivity index (χ0v) is 20.1. The topological polar surface area (TPSA) is 86.8 Å². The number of anilines is 1. The van der Waals surface area contributed by atoms with E-state index < -0.39 is 21.5 Å². The average Bonchev–Trinajstić information content (AvgIpc) is 2.65. The molecule has 0 radical (unpaired) electrons. The SMILES string of the molecule is Cc1c(Cl)cccc1N1C(=O)CN(S(C)(=O)=O)CC1(C)C(=O)NC1CCCCCCC1. The van der Waals surface area contributed by atoms with E-state index in [-0.39, 0.29) is 25.0 Å². The molecular weight excluding hydrogens is 438 g/mol. The van der Waals surface area contributed by atoms with Crippen LogP contribution in [0, 0.1) is 6.92 Å². The third-order valence-corrected chi connectivity index (χ3v) is 8.02. The molecule has 31 heavy (non-hydrogen) atoms. The lowest BCUT2D eigenvalue weighted by atomic mass is 9.91. The molecular formula is C22H32ClN3O4S. The van der Waals surface area contributed by atoms with Crippen molar-refractivity contribution in [3.8, 4) is 0 Å². The molecule has 1 aromatic rings. The van der Waals surface area contributed by atoms with E-state index in [0.29, 0.717) is 16.3 Å². The Morgan fingerprint density at radius 3 is 2.39 bits per heavy atom. The molecule has 1 aromatic carbocycles. The van der Waals surface area contributed by atoms with E-state index in [1.54, 1.807) is 32.0 Å². The van der Waals surface area contributed by atoms with Crippen molar-refractivity contribution < 1.29 is 18.0 Å². The molecule has 1 unspecified atom stereocenters. The molecule has 172 valence electrons. The summed E-state index contributed by atoms with van der Waals surface area (Å²) in [4.78, 5) is 28.3. The smallest absolute Gasteiger partial charge is 0.247 e. The molecule has 0 bridgehead atoms.